The second-order valence-corrected chi connectivity index (χ2v) is 7.02. The Bertz CT molecular complexity index is 547. The van der Waals surface area contributed by atoms with Gasteiger partial charge in [0.1, 0.15) is 5.76 Å². The Labute approximate surface area is 132 Å². The van der Waals surface area contributed by atoms with Crippen LogP contribution in [0.4, 0.5) is 4.79 Å². The third kappa shape index (κ3) is 2.60. The van der Waals surface area contributed by atoms with Crippen molar-refractivity contribution in [2.45, 2.75) is 59.2 Å². The maximum atomic E-state index is 12.4. The molecule has 0 aliphatic heterocycles. The number of carbonyl (C=O) groups excluding carboxylic acids is 1. The van der Waals surface area contributed by atoms with Gasteiger partial charge >= 0.3 is 6.03 Å². The Kier molecular flexibility index (Phi) is 4.26. The molecule has 0 unspecified atom stereocenters. The lowest BCUT2D eigenvalue weighted by Crippen LogP contribution is -2.69. The highest BCUT2D eigenvalue weighted by Crippen LogP contribution is 2.51. The largest absolute Gasteiger partial charge is 0.378 e. The molecule has 1 N–H and O–H groups in total. The third-order valence-corrected chi connectivity index (χ3v) is 5.50. The number of nitrogens with one attached hydrogen (secondary N) is 1. The van der Waals surface area contributed by atoms with E-state index in [1.807, 2.05) is 13.8 Å². The highest BCUT2D eigenvalue weighted by molar-refractivity contribution is 5.74. The van der Waals surface area contributed by atoms with E-state index in [9.17, 15) is 4.79 Å². The van der Waals surface area contributed by atoms with E-state index in [4.69, 9.17) is 9.26 Å². The fourth-order valence-corrected chi connectivity index (χ4v) is 3.02. The van der Waals surface area contributed by atoms with Crippen LogP contribution in [0.5, 0.6) is 0 Å². The summed E-state index contributed by atoms with van der Waals surface area (Å²) in [6, 6.07) is 0.0216. The lowest BCUT2D eigenvalue weighted by Gasteiger charge is -2.59. The summed E-state index contributed by atoms with van der Waals surface area (Å²) in [5, 5.41) is 7.02. The molecule has 0 radical (unpaired) electrons. The van der Waals surface area contributed by atoms with Crippen LogP contribution >= 0.6 is 0 Å². The lowest BCUT2D eigenvalue weighted by molar-refractivity contribution is -0.177. The number of rotatable bonds is 4. The highest BCUT2D eigenvalue weighted by atomic mass is 16.5. The van der Waals surface area contributed by atoms with Gasteiger partial charge in [-0.2, -0.15) is 0 Å². The molecule has 0 spiro atoms. The van der Waals surface area contributed by atoms with Crippen LogP contribution in [0.3, 0.4) is 0 Å². The van der Waals surface area contributed by atoms with Gasteiger partial charge in [-0.05, 0) is 27.2 Å². The quantitative estimate of drug-likeness (QED) is 0.928. The predicted octanol–water partition coefficient (Wildman–Crippen LogP) is 2.64. The zero-order chi connectivity index (χ0) is 16.7. The SMILES string of the molecule is CO[C@@]1(C)C[C@H](NC(=O)N(C)Cc2c(C)noc2C)C1(C)C. The van der Waals surface area contributed by atoms with Crippen LogP contribution in [0.25, 0.3) is 0 Å². The number of hydrogen-bond donors (Lipinski definition) is 1. The molecule has 1 aromatic rings. The minimum Gasteiger partial charge on any atom is -0.378 e. The van der Waals surface area contributed by atoms with Crippen molar-refractivity contribution in [3.05, 3.63) is 17.0 Å². The summed E-state index contributed by atoms with van der Waals surface area (Å²) in [4.78, 5) is 14.1. The van der Waals surface area contributed by atoms with Gasteiger partial charge in [0.2, 0.25) is 0 Å². The van der Waals surface area contributed by atoms with Crippen molar-refractivity contribution in [3.8, 4) is 0 Å². The Morgan fingerprint density at radius 1 is 1.45 bits per heavy atom. The molecule has 1 aliphatic rings. The molecule has 6 nitrogen and oxygen atoms in total. The molecule has 22 heavy (non-hydrogen) atoms. The number of carbonyl (C=O) groups is 1. The van der Waals surface area contributed by atoms with Gasteiger partial charge in [-0.25, -0.2) is 4.79 Å². The first kappa shape index (κ1) is 16.8. The number of methoxy groups -OCH3 is 1. The summed E-state index contributed by atoms with van der Waals surface area (Å²) < 4.78 is 10.7. The van der Waals surface area contributed by atoms with E-state index in [0.717, 1.165) is 23.4 Å². The van der Waals surface area contributed by atoms with Crippen molar-refractivity contribution in [2.24, 2.45) is 5.41 Å². The van der Waals surface area contributed by atoms with E-state index < -0.39 is 0 Å². The molecular weight excluding hydrogens is 282 g/mol. The normalized spacial score (nSPS) is 26.4. The molecule has 1 fully saturated rings. The van der Waals surface area contributed by atoms with E-state index in [1.54, 1.807) is 19.1 Å². The van der Waals surface area contributed by atoms with Crippen molar-refractivity contribution in [1.82, 2.24) is 15.4 Å². The summed E-state index contributed by atoms with van der Waals surface area (Å²) >= 11 is 0. The van der Waals surface area contributed by atoms with Crippen molar-refractivity contribution < 1.29 is 14.1 Å². The summed E-state index contributed by atoms with van der Waals surface area (Å²) in [5.74, 6) is 0.757. The van der Waals surface area contributed by atoms with E-state index >= 15 is 0 Å². The number of aryl methyl sites for hydroxylation is 2. The Hall–Kier alpha value is -1.56. The second kappa shape index (κ2) is 5.57. The van der Waals surface area contributed by atoms with Crippen molar-refractivity contribution in [3.63, 3.8) is 0 Å². The molecular formula is C16H27N3O3. The fourth-order valence-electron chi connectivity index (χ4n) is 3.02. The Balaban J connectivity index is 1.96. The Morgan fingerprint density at radius 3 is 2.55 bits per heavy atom. The number of ether oxygens (including phenoxy) is 1. The molecule has 2 rings (SSSR count). The van der Waals surface area contributed by atoms with Gasteiger partial charge in [0, 0.05) is 31.2 Å². The molecule has 6 heteroatoms. The number of aromatic nitrogens is 1. The van der Waals surface area contributed by atoms with Crippen molar-refractivity contribution >= 4 is 6.03 Å². The predicted molar refractivity (Wildman–Crippen MR) is 83.6 cm³/mol. The number of hydrogen-bond acceptors (Lipinski definition) is 4. The molecule has 1 aliphatic carbocycles. The zero-order valence-corrected chi connectivity index (χ0v) is 14.6. The molecule has 1 saturated carbocycles. The monoisotopic (exact) mass is 309 g/mol. The van der Waals surface area contributed by atoms with Gasteiger partial charge in [-0.3, -0.25) is 0 Å². The van der Waals surface area contributed by atoms with Gasteiger partial charge in [0.05, 0.1) is 17.8 Å². The Morgan fingerprint density at radius 2 is 2.09 bits per heavy atom. The van der Waals surface area contributed by atoms with Crippen LogP contribution in [-0.4, -0.2) is 41.9 Å². The van der Waals surface area contributed by atoms with Gasteiger partial charge in [0.25, 0.3) is 0 Å². The maximum Gasteiger partial charge on any atom is 0.317 e. The molecule has 0 aromatic carbocycles. The van der Waals surface area contributed by atoms with Gasteiger partial charge in [0.15, 0.2) is 0 Å². The third-order valence-electron chi connectivity index (χ3n) is 5.50. The minimum absolute atomic E-state index is 0.0868. The minimum atomic E-state index is -0.189. The molecule has 0 saturated heterocycles. The van der Waals surface area contributed by atoms with Crippen LogP contribution in [-0.2, 0) is 11.3 Å². The van der Waals surface area contributed by atoms with Crippen molar-refractivity contribution in [2.75, 3.05) is 14.2 Å². The molecule has 0 bridgehead atoms. The van der Waals surface area contributed by atoms with Gasteiger partial charge < -0.3 is 19.5 Å². The van der Waals surface area contributed by atoms with Crippen molar-refractivity contribution in [1.29, 1.82) is 0 Å². The van der Waals surface area contributed by atoms with Crippen LogP contribution in [0.2, 0.25) is 0 Å². The van der Waals surface area contributed by atoms with Crippen LogP contribution < -0.4 is 5.32 Å². The summed E-state index contributed by atoms with van der Waals surface area (Å²) in [6.45, 7) is 10.6. The average Bonchev–Trinajstić information content (AvgIpc) is 2.78. The second-order valence-electron chi connectivity index (χ2n) is 7.02. The molecule has 1 heterocycles. The molecule has 1 aromatic heterocycles. The van der Waals surface area contributed by atoms with Gasteiger partial charge in [-0.1, -0.05) is 19.0 Å². The fraction of sp³-hybridized carbons (Fsp3) is 0.750. The lowest BCUT2D eigenvalue weighted by atomic mass is 9.56. The zero-order valence-electron chi connectivity index (χ0n) is 14.6. The summed E-state index contributed by atoms with van der Waals surface area (Å²) in [7, 11) is 3.51. The van der Waals surface area contributed by atoms with Crippen LogP contribution in [0, 0.1) is 19.3 Å². The van der Waals surface area contributed by atoms with E-state index in [-0.39, 0.29) is 23.1 Å². The molecule has 2 amide bonds. The average molecular weight is 309 g/mol. The first-order chi connectivity index (χ1) is 10.1. The van der Waals surface area contributed by atoms with E-state index in [1.165, 1.54) is 0 Å². The first-order valence-corrected chi connectivity index (χ1v) is 7.61. The summed E-state index contributed by atoms with van der Waals surface area (Å²) in [6.07, 6.45) is 0.821. The maximum absolute atomic E-state index is 12.4. The molecule has 2 atom stereocenters. The number of urea groups is 1. The van der Waals surface area contributed by atoms with Crippen LogP contribution in [0.1, 0.15) is 44.2 Å². The first-order valence-electron chi connectivity index (χ1n) is 7.61. The van der Waals surface area contributed by atoms with Gasteiger partial charge in [-0.15, -0.1) is 0 Å². The van der Waals surface area contributed by atoms with Crippen LogP contribution in [0.15, 0.2) is 4.52 Å². The highest BCUT2D eigenvalue weighted by Gasteiger charge is 2.58. The number of amides is 2. The standard InChI is InChI=1S/C16H27N3O3/c1-10-12(11(2)22-18-10)9-19(6)14(20)17-13-8-16(5,21-7)15(13,3)4/h13H,8-9H2,1-7H3,(H,17,20)/t13-,16-/m0/s1. The molecule has 124 valence electrons. The van der Waals surface area contributed by atoms with E-state index in [2.05, 4.69) is 31.2 Å². The topological polar surface area (TPSA) is 67.6 Å². The summed E-state index contributed by atoms with van der Waals surface area (Å²) in [5.41, 5.74) is 1.51. The van der Waals surface area contributed by atoms with E-state index in [0.29, 0.717) is 6.54 Å². The smallest absolute Gasteiger partial charge is 0.317 e. The number of nitrogens with zero attached hydrogens (tertiary/aromatic N) is 2.